The monoisotopic (exact) mass is 870 g/mol. The Hall–Kier alpha value is -1.11. The van der Waals surface area contributed by atoms with Gasteiger partial charge < -0.3 is 45.4 Å². The minimum absolute atomic E-state index is 0.254. The molecule has 1 saturated heterocycles. The van der Waals surface area contributed by atoms with Crippen LogP contribution < -0.4 is 5.32 Å². The highest BCUT2D eigenvalue weighted by Crippen LogP contribution is 2.23. The number of hydrogen-bond acceptors (Lipinski definition) is 9. The lowest BCUT2D eigenvalue weighted by Crippen LogP contribution is -2.60. The third-order valence-electron chi connectivity index (χ3n) is 12.7. The van der Waals surface area contributed by atoms with Crippen LogP contribution in [-0.2, 0) is 14.3 Å². The molecule has 1 rings (SSSR count). The number of allylic oxidation sites excluding steroid dienone is 2. The lowest BCUT2D eigenvalue weighted by atomic mass is 9.99. The van der Waals surface area contributed by atoms with E-state index in [1.807, 2.05) is 0 Å². The van der Waals surface area contributed by atoms with E-state index in [1.165, 1.54) is 167 Å². The molecule has 61 heavy (non-hydrogen) atoms. The fourth-order valence-electron chi connectivity index (χ4n) is 8.46. The Bertz CT molecular complexity index is 984. The first-order valence-corrected chi connectivity index (χ1v) is 26.0. The number of ether oxygens (including phenoxy) is 2. The van der Waals surface area contributed by atoms with Gasteiger partial charge in [0.05, 0.1) is 25.4 Å². The van der Waals surface area contributed by atoms with Crippen molar-refractivity contribution in [1.29, 1.82) is 0 Å². The summed E-state index contributed by atoms with van der Waals surface area (Å²) in [6.07, 6.45) is 38.4. The van der Waals surface area contributed by atoms with Crippen LogP contribution in [0.2, 0.25) is 0 Å². The van der Waals surface area contributed by atoms with E-state index in [-0.39, 0.29) is 6.61 Å². The van der Waals surface area contributed by atoms with Crippen molar-refractivity contribution >= 4 is 5.91 Å². The summed E-state index contributed by atoms with van der Waals surface area (Å²) < 4.78 is 11.2. The van der Waals surface area contributed by atoms with Crippen molar-refractivity contribution in [2.75, 3.05) is 13.2 Å². The third kappa shape index (κ3) is 31.4. The fraction of sp³-hybridized carbons (Fsp3) is 0.941. The van der Waals surface area contributed by atoms with E-state index >= 15 is 0 Å². The van der Waals surface area contributed by atoms with Crippen LogP contribution in [0.1, 0.15) is 245 Å². The largest absolute Gasteiger partial charge is 0.394 e. The molecule has 0 saturated carbocycles. The van der Waals surface area contributed by atoms with Crippen LogP contribution in [-0.4, -0.2) is 98.7 Å². The molecule has 8 atom stereocenters. The maximum atomic E-state index is 13.1. The van der Waals surface area contributed by atoms with Gasteiger partial charge in [0.2, 0.25) is 5.91 Å². The SMILES string of the molecule is CCCCCCCCCCCCCC/C=C\CCCCCCCCCCC(O)C(=O)NC(COC1OC(CO)C(O)C(O)C1O)C(O)CCCCCCCCCCCCCC. The molecule has 1 amide bonds. The molecule has 7 N–H and O–H groups in total. The molecule has 10 nitrogen and oxygen atoms in total. The molecule has 1 aliphatic rings. The Morgan fingerprint density at radius 1 is 0.541 bits per heavy atom. The topological polar surface area (TPSA) is 169 Å². The standard InChI is InChI=1S/C51H99NO9/c1-3-5-7-9-11-13-15-17-18-19-20-21-22-23-24-25-26-27-28-30-32-34-36-38-40-45(55)50(59)52-43(42-60-51-49(58)48(57)47(56)46(41-53)61-51)44(54)39-37-35-33-31-29-16-14-12-10-8-6-4-2/h23-24,43-49,51,53-58H,3-22,25-42H2,1-2H3,(H,52,59)/b24-23-. The summed E-state index contributed by atoms with van der Waals surface area (Å²) in [5.74, 6) is -0.584. The van der Waals surface area contributed by atoms with Gasteiger partial charge >= 0.3 is 0 Å². The van der Waals surface area contributed by atoms with Crippen LogP contribution in [0.3, 0.4) is 0 Å². The van der Waals surface area contributed by atoms with Crippen LogP contribution >= 0.6 is 0 Å². The molecule has 0 bridgehead atoms. The second kappa shape index (κ2) is 41.6. The number of amides is 1. The first-order chi connectivity index (χ1) is 29.8. The molecule has 0 aromatic carbocycles. The van der Waals surface area contributed by atoms with Gasteiger partial charge in [0.1, 0.15) is 30.5 Å². The zero-order chi connectivity index (χ0) is 44.6. The van der Waals surface area contributed by atoms with E-state index in [9.17, 15) is 35.4 Å². The van der Waals surface area contributed by atoms with Gasteiger partial charge in [-0.1, -0.05) is 219 Å². The van der Waals surface area contributed by atoms with E-state index in [1.54, 1.807) is 0 Å². The highest BCUT2D eigenvalue weighted by molar-refractivity contribution is 5.80. The van der Waals surface area contributed by atoms with E-state index in [0.717, 1.165) is 51.4 Å². The molecule has 0 aromatic heterocycles. The molecular weight excluding hydrogens is 771 g/mol. The van der Waals surface area contributed by atoms with Crippen molar-refractivity contribution in [2.45, 2.75) is 294 Å². The predicted octanol–water partition coefficient (Wildman–Crippen LogP) is 10.6. The van der Waals surface area contributed by atoms with Crippen molar-refractivity contribution in [1.82, 2.24) is 5.32 Å². The lowest BCUT2D eigenvalue weighted by molar-refractivity contribution is -0.302. The van der Waals surface area contributed by atoms with Crippen LogP contribution in [0, 0.1) is 0 Å². The highest BCUT2D eigenvalue weighted by Gasteiger charge is 2.44. The number of carbonyl (C=O) groups is 1. The van der Waals surface area contributed by atoms with Crippen LogP contribution in [0.15, 0.2) is 12.2 Å². The van der Waals surface area contributed by atoms with Crippen molar-refractivity contribution < 1.29 is 44.9 Å². The van der Waals surface area contributed by atoms with E-state index < -0.39 is 61.5 Å². The molecule has 0 aliphatic carbocycles. The zero-order valence-electron chi connectivity index (χ0n) is 39.6. The summed E-state index contributed by atoms with van der Waals surface area (Å²) in [5, 5.41) is 64.9. The summed E-state index contributed by atoms with van der Waals surface area (Å²) in [4.78, 5) is 13.1. The van der Waals surface area contributed by atoms with Gasteiger partial charge in [0.15, 0.2) is 6.29 Å². The minimum atomic E-state index is -1.59. The number of rotatable bonds is 44. The quantitative estimate of drug-likeness (QED) is 0.0233. The second-order valence-corrected chi connectivity index (χ2v) is 18.5. The Balaban J connectivity index is 2.26. The number of aliphatic hydroxyl groups is 6. The number of hydrogen-bond donors (Lipinski definition) is 7. The smallest absolute Gasteiger partial charge is 0.249 e. The molecule has 362 valence electrons. The average molecular weight is 870 g/mol. The first-order valence-electron chi connectivity index (χ1n) is 26.0. The van der Waals surface area contributed by atoms with Crippen LogP contribution in [0.5, 0.6) is 0 Å². The third-order valence-corrected chi connectivity index (χ3v) is 12.7. The first kappa shape index (κ1) is 57.9. The number of aliphatic hydroxyl groups excluding tert-OH is 6. The van der Waals surface area contributed by atoms with Crippen molar-refractivity contribution in [2.24, 2.45) is 0 Å². The second-order valence-electron chi connectivity index (χ2n) is 18.5. The Labute approximate surface area is 374 Å². The van der Waals surface area contributed by atoms with Gasteiger partial charge in [0.25, 0.3) is 0 Å². The van der Waals surface area contributed by atoms with Gasteiger partial charge in [0, 0.05) is 0 Å². The molecule has 1 fully saturated rings. The summed E-state index contributed by atoms with van der Waals surface area (Å²) in [5.41, 5.74) is 0. The van der Waals surface area contributed by atoms with Crippen molar-refractivity contribution in [3.63, 3.8) is 0 Å². The van der Waals surface area contributed by atoms with Crippen LogP contribution in [0.25, 0.3) is 0 Å². The van der Waals surface area contributed by atoms with Crippen molar-refractivity contribution in [3.05, 3.63) is 12.2 Å². The Morgan fingerprint density at radius 2 is 0.918 bits per heavy atom. The number of unbranched alkanes of at least 4 members (excludes halogenated alkanes) is 31. The maximum Gasteiger partial charge on any atom is 0.249 e. The van der Waals surface area contributed by atoms with E-state index in [0.29, 0.717) is 12.8 Å². The molecule has 8 unspecified atom stereocenters. The number of nitrogens with one attached hydrogen (secondary N) is 1. The zero-order valence-corrected chi connectivity index (χ0v) is 39.6. The minimum Gasteiger partial charge on any atom is -0.394 e. The van der Waals surface area contributed by atoms with Gasteiger partial charge in [-0.25, -0.2) is 0 Å². The maximum absolute atomic E-state index is 13.1. The highest BCUT2D eigenvalue weighted by atomic mass is 16.7. The molecule has 1 heterocycles. The lowest BCUT2D eigenvalue weighted by Gasteiger charge is -2.40. The summed E-state index contributed by atoms with van der Waals surface area (Å²) in [7, 11) is 0. The molecule has 0 radical (unpaired) electrons. The Kier molecular flexibility index (Phi) is 39.5. The summed E-state index contributed by atoms with van der Waals surface area (Å²) >= 11 is 0. The number of carbonyl (C=O) groups excluding carboxylic acids is 1. The molecule has 0 spiro atoms. The molecular formula is C51H99NO9. The summed E-state index contributed by atoms with van der Waals surface area (Å²) in [6.45, 7) is 3.68. The van der Waals surface area contributed by atoms with Gasteiger partial charge in [-0.15, -0.1) is 0 Å². The van der Waals surface area contributed by atoms with Gasteiger partial charge in [-0.3, -0.25) is 4.79 Å². The molecule has 1 aliphatic heterocycles. The normalized spacial score (nSPS) is 21.0. The van der Waals surface area contributed by atoms with E-state index in [4.69, 9.17) is 9.47 Å². The van der Waals surface area contributed by atoms with Crippen LogP contribution in [0.4, 0.5) is 0 Å². The van der Waals surface area contributed by atoms with E-state index in [2.05, 4.69) is 31.3 Å². The van der Waals surface area contributed by atoms with Gasteiger partial charge in [-0.05, 0) is 38.5 Å². The predicted molar refractivity (Wildman–Crippen MR) is 250 cm³/mol. The average Bonchev–Trinajstić information content (AvgIpc) is 3.26. The molecule has 10 heteroatoms. The summed E-state index contributed by atoms with van der Waals surface area (Å²) in [6, 6.07) is -0.892. The van der Waals surface area contributed by atoms with Gasteiger partial charge in [-0.2, -0.15) is 0 Å². The molecule has 0 aromatic rings. The Morgan fingerprint density at radius 3 is 1.33 bits per heavy atom. The fourth-order valence-corrected chi connectivity index (χ4v) is 8.46. The van der Waals surface area contributed by atoms with Crippen molar-refractivity contribution in [3.8, 4) is 0 Å².